The Hall–Kier alpha value is -2.63. The minimum absolute atomic E-state index is 0.201. The third-order valence-electron chi connectivity index (χ3n) is 3.16. The summed E-state index contributed by atoms with van der Waals surface area (Å²) >= 11 is 0. The number of benzene rings is 1. The second kappa shape index (κ2) is 4.24. The molecule has 96 valence electrons. The number of nitrogens with zero attached hydrogens (tertiary/aromatic N) is 3. The molecule has 0 aliphatic carbocycles. The van der Waals surface area contributed by atoms with Crippen LogP contribution in [0.1, 0.15) is 11.1 Å². The molecule has 0 unspecified atom stereocenters. The van der Waals surface area contributed by atoms with Crippen LogP contribution in [-0.2, 0) is 0 Å². The largest absolute Gasteiger partial charge is 0.368 e. The molecule has 0 radical (unpaired) electrons. The van der Waals surface area contributed by atoms with Crippen molar-refractivity contribution in [1.29, 1.82) is 0 Å². The summed E-state index contributed by atoms with van der Waals surface area (Å²) in [6, 6.07) is 6.07. The number of H-pyrrole nitrogens is 1. The van der Waals surface area contributed by atoms with Crippen molar-refractivity contribution < 1.29 is 0 Å². The van der Waals surface area contributed by atoms with Crippen molar-refractivity contribution in [1.82, 2.24) is 19.9 Å². The van der Waals surface area contributed by atoms with Crippen molar-refractivity contribution in [2.24, 2.45) is 0 Å². The molecule has 6 nitrogen and oxygen atoms in total. The molecule has 2 aromatic heterocycles. The molecular weight excluding hydrogens is 240 g/mol. The molecule has 0 spiro atoms. The van der Waals surface area contributed by atoms with E-state index in [-0.39, 0.29) is 5.95 Å². The predicted octanol–water partition coefficient (Wildman–Crippen LogP) is 2.30. The summed E-state index contributed by atoms with van der Waals surface area (Å²) < 4.78 is 0. The fourth-order valence-corrected chi connectivity index (χ4v) is 1.95. The fourth-order valence-electron chi connectivity index (χ4n) is 1.95. The first-order valence-corrected chi connectivity index (χ1v) is 5.95. The van der Waals surface area contributed by atoms with Crippen LogP contribution in [0.15, 0.2) is 24.5 Å². The van der Waals surface area contributed by atoms with Gasteiger partial charge in [-0.25, -0.2) is 4.98 Å². The maximum atomic E-state index is 5.69. The second-order valence-electron chi connectivity index (χ2n) is 4.40. The topological polar surface area (TPSA) is 92.5 Å². The van der Waals surface area contributed by atoms with Gasteiger partial charge in [-0.2, -0.15) is 9.97 Å². The molecule has 0 saturated carbocycles. The maximum Gasteiger partial charge on any atom is 0.224 e. The average Bonchev–Trinajstić information content (AvgIpc) is 2.83. The maximum absolute atomic E-state index is 5.69. The van der Waals surface area contributed by atoms with Gasteiger partial charge in [-0.1, -0.05) is 12.1 Å². The number of nitrogen functional groups attached to an aromatic ring is 1. The Morgan fingerprint density at radius 2 is 2.05 bits per heavy atom. The van der Waals surface area contributed by atoms with Gasteiger partial charge < -0.3 is 16.0 Å². The van der Waals surface area contributed by atoms with Crippen LogP contribution in [0.5, 0.6) is 0 Å². The first-order chi connectivity index (χ1) is 9.15. The third kappa shape index (κ3) is 1.97. The quantitative estimate of drug-likeness (QED) is 0.652. The smallest absolute Gasteiger partial charge is 0.224 e. The number of fused-ring (bicyclic) bond motifs is 1. The van der Waals surface area contributed by atoms with Crippen molar-refractivity contribution in [2.45, 2.75) is 13.8 Å². The number of imidazole rings is 1. The molecule has 0 fully saturated rings. The number of anilines is 3. The highest BCUT2D eigenvalue weighted by molar-refractivity contribution is 5.86. The summed E-state index contributed by atoms with van der Waals surface area (Å²) in [5.41, 5.74) is 10.4. The van der Waals surface area contributed by atoms with Crippen LogP contribution in [0.3, 0.4) is 0 Å². The van der Waals surface area contributed by atoms with Crippen LogP contribution in [0.4, 0.5) is 17.5 Å². The summed E-state index contributed by atoms with van der Waals surface area (Å²) in [6.07, 6.45) is 1.58. The van der Waals surface area contributed by atoms with Crippen LogP contribution in [0, 0.1) is 13.8 Å². The Labute approximate surface area is 110 Å². The van der Waals surface area contributed by atoms with Crippen LogP contribution >= 0.6 is 0 Å². The molecule has 0 saturated heterocycles. The van der Waals surface area contributed by atoms with Gasteiger partial charge >= 0.3 is 0 Å². The predicted molar refractivity (Wildman–Crippen MR) is 75.3 cm³/mol. The first kappa shape index (κ1) is 11.5. The molecule has 6 heteroatoms. The van der Waals surface area contributed by atoms with E-state index in [9.17, 15) is 0 Å². The summed E-state index contributed by atoms with van der Waals surface area (Å²) in [7, 11) is 0. The van der Waals surface area contributed by atoms with Gasteiger partial charge in [0.2, 0.25) is 5.95 Å². The highest BCUT2D eigenvalue weighted by Crippen LogP contribution is 2.25. The normalized spacial score (nSPS) is 10.8. The van der Waals surface area contributed by atoms with E-state index in [2.05, 4.69) is 45.2 Å². The molecule has 19 heavy (non-hydrogen) atoms. The lowest BCUT2D eigenvalue weighted by Gasteiger charge is -2.11. The molecule has 1 aromatic carbocycles. The third-order valence-corrected chi connectivity index (χ3v) is 3.16. The van der Waals surface area contributed by atoms with Gasteiger partial charge in [0.05, 0.1) is 6.33 Å². The van der Waals surface area contributed by atoms with E-state index in [1.165, 1.54) is 11.1 Å². The van der Waals surface area contributed by atoms with Crippen molar-refractivity contribution in [2.75, 3.05) is 11.1 Å². The van der Waals surface area contributed by atoms with E-state index >= 15 is 0 Å². The summed E-state index contributed by atoms with van der Waals surface area (Å²) in [5, 5.41) is 3.28. The standard InChI is InChI=1S/C13H14N6/c1-7-4-3-5-9(8(7)2)17-12-10-11(16-6-15-10)18-13(14)19-12/h3-6H,1-2H3,(H4,14,15,16,17,18,19). The Kier molecular flexibility index (Phi) is 2.56. The number of hydrogen-bond donors (Lipinski definition) is 3. The van der Waals surface area contributed by atoms with Gasteiger partial charge in [-0.05, 0) is 31.0 Å². The van der Waals surface area contributed by atoms with Gasteiger partial charge in [0.1, 0.15) is 5.52 Å². The lowest BCUT2D eigenvalue weighted by Crippen LogP contribution is -2.02. The Bertz CT molecular complexity index is 746. The number of aromatic nitrogens is 4. The molecule has 2 heterocycles. The lowest BCUT2D eigenvalue weighted by atomic mass is 10.1. The number of nitrogens with two attached hydrogens (primary N) is 1. The zero-order valence-electron chi connectivity index (χ0n) is 10.7. The van der Waals surface area contributed by atoms with E-state index in [4.69, 9.17) is 5.73 Å². The van der Waals surface area contributed by atoms with E-state index < -0.39 is 0 Å². The van der Waals surface area contributed by atoms with Crippen LogP contribution in [0.2, 0.25) is 0 Å². The fraction of sp³-hybridized carbons (Fsp3) is 0.154. The summed E-state index contributed by atoms with van der Waals surface area (Å²) in [4.78, 5) is 15.4. The van der Waals surface area contributed by atoms with Gasteiger partial charge in [0, 0.05) is 5.69 Å². The zero-order valence-corrected chi connectivity index (χ0v) is 10.7. The van der Waals surface area contributed by atoms with Crippen molar-refractivity contribution in [3.05, 3.63) is 35.7 Å². The van der Waals surface area contributed by atoms with E-state index in [1.807, 2.05) is 12.1 Å². The highest BCUT2D eigenvalue weighted by atomic mass is 15.1. The Balaban J connectivity index is 2.10. The summed E-state index contributed by atoms with van der Waals surface area (Å²) in [5.74, 6) is 0.834. The summed E-state index contributed by atoms with van der Waals surface area (Å²) in [6.45, 7) is 4.13. The van der Waals surface area contributed by atoms with Gasteiger partial charge in [-0.15, -0.1) is 0 Å². The monoisotopic (exact) mass is 254 g/mol. The molecule has 3 aromatic rings. The highest BCUT2D eigenvalue weighted by Gasteiger charge is 2.10. The van der Waals surface area contributed by atoms with Gasteiger partial charge in [0.15, 0.2) is 11.5 Å². The molecule has 0 amide bonds. The number of hydrogen-bond acceptors (Lipinski definition) is 5. The lowest BCUT2D eigenvalue weighted by molar-refractivity contribution is 1.21. The molecule has 0 aliphatic rings. The molecule has 0 aliphatic heterocycles. The second-order valence-corrected chi connectivity index (χ2v) is 4.40. The van der Waals surface area contributed by atoms with Crippen molar-refractivity contribution >= 4 is 28.6 Å². The molecule has 0 atom stereocenters. The first-order valence-electron chi connectivity index (χ1n) is 5.95. The molecule has 4 N–H and O–H groups in total. The van der Waals surface area contributed by atoms with Gasteiger partial charge in [0.25, 0.3) is 0 Å². The van der Waals surface area contributed by atoms with E-state index in [0.717, 1.165) is 11.2 Å². The van der Waals surface area contributed by atoms with Crippen molar-refractivity contribution in [3.63, 3.8) is 0 Å². The van der Waals surface area contributed by atoms with Crippen LogP contribution in [0.25, 0.3) is 11.2 Å². The SMILES string of the molecule is Cc1cccc(Nc2nc(N)nc3nc[nH]c23)c1C. The number of nitrogens with one attached hydrogen (secondary N) is 2. The van der Waals surface area contributed by atoms with Gasteiger partial charge in [-0.3, -0.25) is 0 Å². The Morgan fingerprint density at radius 1 is 1.21 bits per heavy atom. The molecule has 0 bridgehead atoms. The molecule has 3 rings (SSSR count). The zero-order chi connectivity index (χ0) is 13.4. The average molecular weight is 254 g/mol. The van der Waals surface area contributed by atoms with E-state index in [1.54, 1.807) is 6.33 Å². The number of rotatable bonds is 2. The minimum atomic E-state index is 0.201. The van der Waals surface area contributed by atoms with Crippen LogP contribution < -0.4 is 11.1 Å². The van der Waals surface area contributed by atoms with Crippen LogP contribution in [-0.4, -0.2) is 19.9 Å². The molecular formula is C13H14N6. The van der Waals surface area contributed by atoms with E-state index in [0.29, 0.717) is 11.5 Å². The number of aryl methyl sites for hydroxylation is 1. The van der Waals surface area contributed by atoms with Crippen molar-refractivity contribution in [3.8, 4) is 0 Å². The Morgan fingerprint density at radius 3 is 2.89 bits per heavy atom. The minimum Gasteiger partial charge on any atom is -0.368 e. The number of aromatic amines is 1.